The van der Waals surface area contributed by atoms with Crippen molar-refractivity contribution < 1.29 is 4.52 Å². The van der Waals surface area contributed by atoms with E-state index in [1.807, 2.05) is 25.2 Å². The van der Waals surface area contributed by atoms with Crippen LogP contribution in [0, 0.1) is 6.92 Å². The Morgan fingerprint density at radius 3 is 2.70 bits per heavy atom. The van der Waals surface area contributed by atoms with Crippen molar-refractivity contribution in [1.29, 1.82) is 0 Å². The summed E-state index contributed by atoms with van der Waals surface area (Å²) in [6, 6.07) is 14.1. The largest absolute Gasteiger partial charge is 0.356 e. The molecule has 0 saturated carbocycles. The van der Waals surface area contributed by atoms with Crippen molar-refractivity contribution in [2.24, 2.45) is 4.99 Å². The van der Waals surface area contributed by atoms with Gasteiger partial charge < -0.3 is 14.7 Å². The molecule has 0 atom stereocenters. The topological polar surface area (TPSA) is 79.4 Å². The molecule has 0 aliphatic heterocycles. The monoisotopic (exact) mass is 364 g/mol. The molecule has 0 bridgehead atoms. The molecular weight excluding hydrogens is 340 g/mol. The molecule has 0 aliphatic rings. The maximum Gasteiger partial charge on any atom is 0.276 e. The second kappa shape index (κ2) is 8.93. The van der Waals surface area contributed by atoms with Crippen LogP contribution in [0.3, 0.4) is 0 Å². The Bertz CT molecular complexity index is 873. The number of pyridine rings is 1. The van der Waals surface area contributed by atoms with Gasteiger partial charge in [-0.05, 0) is 24.6 Å². The van der Waals surface area contributed by atoms with Crippen molar-refractivity contribution in [3.8, 4) is 11.6 Å². The number of guanidine groups is 1. The van der Waals surface area contributed by atoms with Crippen molar-refractivity contribution in [3.05, 3.63) is 65.6 Å². The molecule has 0 radical (unpaired) electrons. The summed E-state index contributed by atoms with van der Waals surface area (Å²) < 4.78 is 5.28. The molecule has 27 heavy (non-hydrogen) atoms. The highest BCUT2D eigenvalue weighted by molar-refractivity contribution is 5.79. The van der Waals surface area contributed by atoms with Crippen LogP contribution < -0.4 is 5.32 Å². The van der Waals surface area contributed by atoms with Crippen LogP contribution in [-0.2, 0) is 13.0 Å². The molecule has 2 heterocycles. The van der Waals surface area contributed by atoms with Gasteiger partial charge in [-0.1, -0.05) is 41.1 Å². The Balaban J connectivity index is 1.51. The van der Waals surface area contributed by atoms with E-state index in [2.05, 4.69) is 61.5 Å². The van der Waals surface area contributed by atoms with Gasteiger partial charge in [0.15, 0.2) is 11.8 Å². The summed E-state index contributed by atoms with van der Waals surface area (Å²) in [6.07, 6.45) is 2.34. The molecular formula is C20H24N6O. The van der Waals surface area contributed by atoms with E-state index in [4.69, 9.17) is 4.52 Å². The number of nitrogens with one attached hydrogen (secondary N) is 1. The van der Waals surface area contributed by atoms with Crippen molar-refractivity contribution in [2.45, 2.75) is 19.9 Å². The van der Waals surface area contributed by atoms with Gasteiger partial charge in [-0.25, -0.2) is 0 Å². The normalized spacial score (nSPS) is 11.4. The molecule has 1 N–H and O–H groups in total. The summed E-state index contributed by atoms with van der Waals surface area (Å²) in [5.41, 5.74) is 3.18. The molecule has 0 spiro atoms. The van der Waals surface area contributed by atoms with Gasteiger partial charge >= 0.3 is 0 Å². The highest BCUT2D eigenvalue weighted by Crippen LogP contribution is 2.13. The van der Waals surface area contributed by atoms with Gasteiger partial charge in [-0.15, -0.1) is 0 Å². The van der Waals surface area contributed by atoms with Crippen molar-refractivity contribution in [1.82, 2.24) is 25.3 Å². The predicted octanol–water partition coefficient (Wildman–Crippen LogP) is 2.69. The Kier molecular flexibility index (Phi) is 6.14. The highest BCUT2D eigenvalue weighted by atomic mass is 16.5. The number of hydrogen-bond donors (Lipinski definition) is 1. The Morgan fingerprint density at radius 1 is 1.19 bits per heavy atom. The Hall–Kier alpha value is -3.22. The molecule has 3 aromatic rings. The molecule has 7 heteroatoms. The highest BCUT2D eigenvalue weighted by Gasteiger charge is 2.11. The van der Waals surface area contributed by atoms with Gasteiger partial charge in [-0.2, -0.15) is 4.98 Å². The van der Waals surface area contributed by atoms with Crippen LogP contribution in [0.1, 0.15) is 17.0 Å². The first-order valence-electron chi connectivity index (χ1n) is 8.87. The molecule has 0 saturated heterocycles. The van der Waals surface area contributed by atoms with Crippen molar-refractivity contribution in [3.63, 3.8) is 0 Å². The zero-order valence-electron chi connectivity index (χ0n) is 15.9. The maximum atomic E-state index is 5.28. The number of benzene rings is 1. The first-order valence-corrected chi connectivity index (χ1v) is 8.87. The SMILES string of the molecule is CN=C(NCCc1noc(-c2ccccn2)n1)N(C)Cc1ccc(C)cc1. The van der Waals surface area contributed by atoms with Crippen LogP contribution in [0.5, 0.6) is 0 Å². The molecule has 0 amide bonds. The van der Waals surface area contributed by atoms with E-state index < -0.39 is 0 Å². The van der Waals surface area contributed by atoms with Crippen molar-refractivity contribution in [2.75, 3.05) is 20.6 Å². The summed E-state index contributed by atoms with van der Waals surface area (Å²) in [5, 5.41) is 7.35. The van der Waals surface area contributed by atoms with Crippen molar-refractivity contribution >= 4 is 5.96 Å². The first-order chi connectivity index (χ1) is 13.2. The second-order valence-electron chi connectivity index (χ2n) is 6.30. The van der Waals surface area contributed by atoms with E-state index in [-0.39, 0.29) is 0 Å². The summed E-state index contributed by atoms with van der Waals surface area (Å²) in [6.45, 7) is 3.53. The lowest BCUT2D eigenvalue weighted by Crippen LogP contribution is -2.39. The zero-order chi connectivity index (χ0) is 19.1. The minimum atomic E-state index is 0.437. The third-order valence-corrected chi connectivity index (χ3v) is 4.10. The molecule has 0 aliphatic carbocycles. The molecule has 140 valence electrons. The third-order valence-electron chi connectivity index (χ3n) is 4.10. The van der Waals surface area contributed by atoms with Crippen LogP contribution in [0.2, 0.25) is 0 Å². The number of aromatic nitrogens is 3. The van der Waals surface area contributed by atoms with E-state index in [9.17, 15) is 0 Å². The van der Waals surface area contributed by atoms with Crippen LogP contribution in [0.25, 0.3) is 11.6 Å². The summed E-state index contributed by atoms with van der Waals surface area (Å²) >= 11 is 0. The smallest absolute Gasteiger partial charge is 0.276 e. The summed E-state index contributed by atoms with van der Waals surface area (Å²) in [4.78, 5) is 15.0. The lowest BCUT2D eigenvalue weighted by atomic mass is 10.1. The second-order valence-corrected chi connectivity index (χ2v) is 6.30. The fourth-order valence-corrected chi connectivity index (χ4v) is 2.66. The number of rotatable bonds is 6. The van der Waals surface area contributed by atoms with E-state index in [0.717, 1.165) is 12.5 Å². The Morgan fingerprint density at radius 2 is 2.00 bits per heavy atom. The van der Waals surface area contributed by atoms with Crippen LogP contribution >= 0.6 is 0 Å². The van der Waals surface area contributed by atoms with Gasteiger partial charge in [0.2, 0.25) is 0 Å². The van der Waals surface area contributed by atoms with Gasteiger partial charge in [-0.3, -0.25) is 9.98 Å². The number of nitrogens with zero attached hydrogens (tertiary/aromatic N) is 5. The van der Waals surface area contributed by atoms with Gasteiger partial charge in [0, 0.05) is 39.8 Å². The predicted molar refractivity (Wildman–Crippen MR) is 105 cm³/mol. The summed E-state index contributed by atoms with van der Waals surface area (Å²) in [5.74, 6) is 1.90. The number of hydrogen-bond acceptors (Lipinski definition) is 5. The molecule has 0 fully saturated rings. The number of aryl methyl sites for hydroxylation is 1. The molecule has 2 aromatic heterocycles. The standard InChI is InChI=1S/C20H24N6O/c1-15-7-9-16(10-8-15)14-26(3)20(21-2)23-13-11-18-24-19(27-25-18)17-6-4-5-12-22-17/h4-10,12H,11,13-14H2,1-3H3,(H,21,23). The van der Waals surface area contributed by atoms with Gasteiger partial charge in [0.25, 0.3) is 5.89 Å². The Labute approximate surface area is 159 Å². The molecule has 1 aromatic carbocycles. The third kappa shape index (κ3) is 5.13. The van der Waals surface area contributed by atoms with E-state index in [1.165, 1.54) is 11.1 Å². The van der Waals surface area contributed by atoms with Crippen LogP contribution in [0.4, 0.5) is 0 Å². The molecule has 3 rings (SSSR count). The maximum absolute atomic E-state index is 5.28. The number of aliphatic imine (C=N–C) groups is 1. The molecule has 7 nitrogen and oxygen atoms in total. The lowest BCUT2D eigenvalue weighted by molar-refractivity contribution is 0.420. The van der Waals surface area contributed by atoms with Crippen LogP contribution in [-0.4, -0.2) is 46.6 Å². The van der Waals surface area contributed by atoms with Gasteiger partial charge in [0.05, 0.1) is 0 Å². The fourth-order valence-electron chi connectivity index (χ4n) is 2.66. The quantitative estimate of drug-likeness (QED) is 0.535. The average molecular weight is 364 g/mol. The van der Waals surface area contributed by atoms with E-state index >= 15 is 0 Å². The lowest BCUT2D eigenvalue weighted by Gasteiger charge is -2.22. The first kappa shape index (κ1) is 18.6. The average Bonchev–Trinajstić information content (AvgIpc) is 3.16. The zero-order valence-corrected chi connectivity index (χ0v) is 15.9. The minimum Gasteiger partial charge on any atom is -0.356 e. The molecule has 0 unspecified atom stereocenters. The minimum absolute atomic E-state index is 0.437. The summed E-state index contributed by atoms with van der Waals surface area (Å²) in [7, 11) is 3.80. The van der Waals surface area contributed by atoms with E-state index in [1.54, 1.807) is 13.2 Å². The fraction of sp³-hybridized carbons (Fsp3) is 0.300. The van der Waals surface area contributed by atoms with Crippen LogP contribution in [0.15, 0.2) is 58.2 Å². The van der Waals surface area contributed by atoms with E-state index in [0.29, 0.717) is 30.4 Å². The van der Waals surface area contributed by atoms with Gasteiger partial charge in [0.1, 0.15) is 5.69 Å².